The molecule has 0 bridgehead atoms. The van der Waals surface area contributed by atoms with Crippen LogP contribution in [0.1, 0.15) is 6.92 Å². The summed E-state index contributed by atoms with van der Waals surface area (Å²) in [6, 6.07) is 0. The molecule has 1 nitrogen and oxygen atoms in total. The molecule has 0 unspecified atom stereocenters. The Hall–Kier alpha value is -0.800. The Labute approximate surface area is 56.5 Å². The molecule has 0 spiro atoms. The van der Waals surface area contributed by atoms with Crippen LogP contribution < -0.4 is 0 Å². The lowest BCUT2D eigenvalue weighted by Gasteiger charge is -2.08. The van der Waals surface area contributed by atoms with Crippen molar-refractivity contribution < 1.29 is 18.0 Å². The molecule has 0 atom stereocenters. The van der Waals surface area contributed by atoms with Crippen LogP contribution in [-0.2, 0) is 4.79 Å². The van der Waals surface area contributed by atoms with Crippen LogP contribution in [0.5, 0.6) is 0 Å². The minimum atomic E-state index is -3.88. The van der Waals surface area contributed by atoms with Crippen LogP contribution >= 0.6 is 0 Å². The average molecular weight is 152 g/mol. The molecule has 0 saturated carbocycles. The number of carbonyl (C=O) groups is 1. The first-order valence-corrected chi connectivity index (χ1v) is 2.56. The number of allylic oxidation sites excluding steroid dienone is 1. The monoisotopic (exact) mass is 152 g/mol. The SMILES string of the molecule is C=C(C)C(=O)C(F)(F)CF. The van der Waals surface area contributed by atoms with Crippen LogP contribution in [0, 0.1) is 0 Å². The normalized spacial score (nSPS) is 11.2. The minimum absolute atomic E-state index is 0.331. The summed E-state index contributed by atoms with van der Waals surface area (Å²) >= 11 is 0. The molecule has 0 aromatic carbocycles. The van der Waals surface area contributed by atoms with Gasteiger partial charge in [0.1, 0.15) is 0 Å². The van der Waals surface area contributed by atoms with Crippen LogP contribution in [0.25, 0.3) is 0 Å². The fourth-order valence-electron chi connectivity index (χ4n) is 0.373. The van der Waals surface area contributed by atoms with Gasteiger partial charge in [0, 0.05) is 0 Å². The summed E-state index contributed by atoms with van der Waals surface area (Å²) in [5.74, 6) is -5.42. The summed E-state index contributed by atoms with van der Waals surface area (Å²) in [5, 5.41) is 0. The summed E-state index contributed by atoms with van der Waals surface area (Å²) in [4.78, 5) is 10.3. The van der Waals surface area contributed by atoms with E-state index in [4.69, 9.17) is 0 Å². The van der Waals surface area contributed by atoms with Crippen molar-refractivity contribution in [2.24, 2.45) is 0 Å². The highest BCUT2D eigenvalue weighted by molar-refractivity contribution is 5.99. The molecule has 0 saturated heterocycles. The van der Waals surface area contributed by atoms with Crippen molar-refractivity contribution >= 4 is 5.78 Å². The largest absolute Gasteiger partial charge is 0.337 e. The van der Waals surface area contributed by atoms with Crippen molar-refractivity contribution in [2.75, 3.05) is 6.67 Å². The van der Waals surface area contributed by atoms with E-state index in [2.05, 4.69) is 6.58 Å². The maximum Gasteiger partial charge on any atom is 0.337 e. The number of carbonyl (C=O) groups excluding carboxylic acids is 1. The first kappa shape index (κ1) is 9.20. The van der Waals surface area contributed by atoms with Gasteiger partial charge in [-0.05, 0) is 12.5 Å². The van der Waals surface area contributed by atoms with Gasteiger partial charge in [-0.1, -0.05) is 6.58 Å². The lowest BCUT2D eigenvalue weighted by atomic mass is 10.1. The van der Waals surface area contributed by atoms with Gasteiger partial charge >= 0.3 is 5.92 Å². The Bertz CT molecular complexity index is 162. The molecular formula is C6H7F3O. The lowest BCUT2D eigenvalue weighted by Crippen LogP contribution is -2.31. The molecule has 0 rings (SSSR count). The van der Waals surface area contributed by atoms with E-state index in [0.717, 1.165) is 6.92 Å². The Balaban J connectivity index is 4.33. The van der Waals surface area contributed by atoms with Gasteiger partial charge in [0.15, 0.2) is 6.67 Å². The predicted octanol–water partition coefficient (Wildman–Crippen LogP) is 1.74. The van der Waals surface area contributed by atoms with E-state index in [0.29, 0.717) is 0 Å². The fourth-order valence-corrected chi connectivity index (χ4v) is 0.373. The van der Waals surface area contributed by atoms with E-state index in [1.165, 1.54) is 0 Å². The maximum absolute atomic E-state index is 12.0. The van der Waals surface area contributed by atoms with Crippen molar-refractivity contribution in [3.8, 4) is 0 Å². The zero-order valence-corrected chi connectivity index (χ0v) is 5.46. The van der Waals surface area contributed by atoms with Gasteiger partial charge < -0.3 is 0 Å². The molecule has 0 fully saturated rings. The van der Waals surface area contributed by atoms with Gasteiger partial charge in [0.05, 0.1) is 0 Å². The molecule has 0 N–H and O–H groups in total. The Kier molecular flexibility index (Phi) is 2.63. The highest BCUT2D eigenvalue weighted by Crippen LogP contribution is 2.18. The first-order chi connectivity index (χ1) is 4.41. The summed E-state index contributed by atoms with van der Waals surface area (Å²) in [6.07, 6.45) is 0. The van der Waals surface area contributed by atoms with Crippen molar-refractivity contribution in [1.29, 1.82) is 0 Å². The molecule has 0 heterocycles. The average Bonchev–Trinajstić information content (AvgIpc) is 1.86. The number of Topliss-reactive ketones (excluding diaryl/α,β-unsaturated/α-hetero) is 1. The van der Waals surface area contributed by atoms with Gasteiger partial charge in [-0.25, -0.2) is 4.39 Å². The molecule has 0 amide bonds. The fraction of sp³-hybridized carbons (Fsp3) is 0.500. The third-order valence-corrected chi connectivity index (χ3v) is 0.888. The lowest BCUT2D eigenvalue weighted by molar-refractivity contribution is -0.140. The van der Waals surface area contributed by atoms with Crippen LogP contribution in [0.15, 0.2) is 12.2 Å². The quantitative estimate of drug-likeness (QED) is 0.563. The molecule has 0 aliphatic heterocycles. The Morgan fingerprint density at radius 2 is 2.00 bits per heavy atom. The Morgan fingerprint density at radius 3 is 2.10 bits per heavy atom. The van der Waals surface area contributed by atoms with Crippen molar-refractivity contribution in [2.45, 2.75) is 12.8 Å². The van der Waals surface area contributed by atoms with Crippen molar-refractivity contribution in [1.82, 2.24) is 0 Å². The third-order valence-electron chi connectivity index (χ3n) is 0.888. The smallest absolute Gasteiger partial charge is 0.288 e. The second kappa shape index (κ2) is 2.86. The highest BCUT2D eigenvalue weighted by Gasteiger charge is 2.38. The number of alkyl halides is 3. The number of hydrogen-bond acceptors (Lipinski definition) is 1. The zero-order valence-electron chi connectivity index (χ0n) is 5.46. The highest BCUT2D eigenvalue weighted by atomic mass is 19.3. The Morgan fingerprint density at radius 1 is 1.60 bits per heavy atom. The van der Waals surface area contributed by atoms with E-state index in [1.807, 2.05) is 0 Å². The zero-order chi connectivity index (χ0) is 8.36. The van der Waals surface area contributed by atoms with Crippen LogP contribution in [0.3, 0.4) is 0 Å². The molecule has 0 aromatic rings. The number of halogens is 3. The van der Waals surface area contributed by atoms with E-state index in [9.17, 15) is 18.0 Å². The molecule has 10 heavy (non-hydrogen) atoms. The van der Waals surface area contributed by atoms with Crippen molar-refractivity contribution in [3.63, 3.8) is 0 Å². The van der Waals surface area contributed by atoms with Gasteiger partial charge in [-0.2, -0.15) is 8.78 Å². The summed E-state index contributed by atoms with van der Waals surface area (Å²) in [6.45, 7) is 2.13. The predicted molar refractivity (Wildman–Crippen MR) is 30.7 cm³/mol. The molecule has 0 radical (unpaired) electrons. The molecule has 0 aromatic heterocycles. The van der Waals surface area contributed by atoms with Gasteiger partial charge in [-0.3, -0.25) is 4.79 Å². The van der Waals surface area contributed by atoms with Gasteiger partial charge in [0.2, 0.25) is 5.78 Å². The number of rotatable bonds is 3. The summed E-state index contributed by atoms with van der Waals surface area (Å²) in [7, 11) is 0. The standard InChI is InChI=1S/C6H7F3O/c1-4(2)5(10)6(8,9)3-7/h1,3H2,2H3. The molecular weight excluding hydrogens is 145 g/mol. The van der Waals surface area contributed by atoms with Crippen LogP contribution in [0.4, 0.5) is 13.2 Å². The van der Waals surface area contributed by atoms with E-state index < -0.39 is 18.4 Å². The molecule has 58 valence electrons. The topological polar surface area (TPSA) is 17.1 Å². The summed E-state index contributed by atoms with van der Waals surface area (Å²) < 4.78 is 35.4. The van der Waals surface area contributed by atoms with E-state index in [1.54, 1.807) is 0 Å². The molecule has 0 aliphatic carbocycles. The van der Waals surface area contributed by atoms with Gasteiger partial charge in [0.25, 0.3) is 0 Å². The van der Waals surface area contributed by atoms with Crippen LogP contribution in [0.2, 0.25) is 0 Å². The first-order valence-electron chi connectivity index (χ1n) is 2.56. The summed E-state index contributed by atoms with van der Waals surface area (Å²) in [5.41, 5.74) is -0.331. The molecule has 0 aliphatic rings. The number of ketones is 1. The minimum Gasteiger partial charge on any atom is -0.288 e. The van der Waals surface area contributed by atoms with E-state index in [-0.39, 0.29) is 5.57 Å². The van der Waals surface area contributed by atoms with Crippen molar-refractivity contribution in [3.05, 3.63) is 12.2 Å². The second-order valence-corrected chi connectivity index (χ2v) is 1.95. The molecule has 4 heteroatoms. The van der Waals surface area contributed by atoms with Crippen LogP contribution in [-0.4, -0.2) is 18.4 Å². The second-order valence-electron chi connectivity index (χ2n) is 1.95. The van der Waals surface area contributed by atoms with E-state index >= 15 is 0 Å². The number of hydrogen-bond donors (Lipinski definition) is 0. The maximum atomic E-state index is 12.0. The van der Waals surface area contributed by atoms with Gasteiger partial charge in [-0.15, -0.1) is 0 Å². The third kappa shape index (κ3) is 1.86.